The van der Waals surface area contributed by atoms with Gasteiger partial charge < -0.3 is 20.3 Å². The Labute approximate surface area is 171 Å². The molecule has 0 aliphatic carbocycles. The van der Waals surface area contributed by atoms with Crippen molar-refractivity contribution in [1.82, 2.24) is 15.5 Å². The maximum Gasteiger partial charge on any atom is 0.334 e. The smallest absolute Gasteiger partial charge is 0.334 e. The zero-order chi connectivity index (χ0) is 21.6. The third-order valence-electron chi connectivity index (χ3n) is 4.40. The highest BCUT2D eigenvalue weighted by Gasteiger charge is 2.41. The maximum absolute atomic E-state index is 12.9. The van der Waals surface area contributed by atoms with E-state index in [-0.39, 0.29) is 24.8 Å². The Bertz CT molecular complexity index is 757. The number of nitrogens with one attached hydrogen (secondary N) is 2. The molecule has 0 saturated carbocycles. The first-order valence-corrected chi connectivity index (χ1v) is 9.76. The average Bonchev–Trinajstić information content (AvgIpc) is 3.00. The number of esters is 1. The minimum absolute atomic E-state index is 0.190. The van der Waals surface area contributed by atoms with Crippen LogP contribution in [0.15, 0.2) is 30.3 Å². The van der Waals surface area contributed by atoms with Crippen molar-refractivity contribution in [1.29, 1.82) is 0 Å². The van der Waals surface area contributed by atoms with Gasteiger partial charge in [0.2, 0.25) is 17.7 Å². The van der Waals surface area contributed by atoms with Gasteiger partial charge in [0.25, 0.3) is 0 Å². The molecule has 1 aliphatic heterocycles. The first kappa shape index (κ1) is 22.4. The van der Waals surface area contributed by atoms with Gasteiger partial charge >= 0.3 is 5.97 Å². The molecule has 2 rings (SSSR count). The number of amides is 3. The van der Waals surface area contributed by atoms with Gasteiger partial charge in [0.1, 0.15) is 11.6 Å². The zero-order valence-corrected chi connectivity index (χ0v) is 17.4. The van der Waals surface area contributed by atoms with Crippen LogP contribution in [-0.4, -0.2) is 53.3 Å². The molecule has 2 N–H and O–H groups in total. The molecular weight excluding hydrogens is 374 g/mol. The fourth-order valence-corrected chi connectivity index (χ4v) is 3.08. The summed E-state index contributed by atoms with van der Waals surface area (Å²) in [6.07, 6.45) is 0.649. The molecule has 1 fully saturated rings. The van der Waals surface area contributed by atoms with Gasteiger partial charge in [-0.2, -0.15) is 0 Å². The lowest BCUT2D eigenvalue weighted by molar-refractivity contribution is -0.164. The summed E-state index contributed by atoms with van der Waals surface area (Å²) >= 11 is 0. The van der Waals surface area contributed by atoms with Gasteiger partial charge in [-0.15, -0.1) is 0 Å². The molecule has 0 unspecified atom stereocenters. The number of benzene rings is 1. The van der Waals surface area contributed by atoms with E-state index in [4.69, 9.17) is 4.74 Å². The van der Waals surface area contributed by atoms with Crippen LogP contribution in [0, 0.1) is 0 Å². The number of ether oxygens (including phenoxy) is 1. The number of nitrogens with zero attached hydrogens (tertiary/aromatic N) is 1. The summed E-state index contributed by atoms with van der Waals surface area (Å²) in [5.41, 5.74) is -0.0462. The van der Waals surface area contributed by atoms with Crippen molar-refractivity contribution in [2.24, 2.45) is 0 Å². The topological polar surface area (TPSA) is 105 Å². The fraction of sp³-hybridized carbons (Fsp3) is 0.524. The Morgan fingerprint density at radius 3 is 2.41 bits per heavy atom. The largest absolute Gasteiger partial charge is 0.458 e. The SMILES string of the molecule is CCC(=O)NCC(=O)N[C@H]1CCN([C@@H](C(=O)OC(C)(C)C)c2ccccc2)C1=O. The van der Waals surface area contributed by atoms with E-state index in [0.717, 1.165) is 0 Å². The van der Waals surface area contributed by atoms with Crippen LogP contribution in [0.4, 0.5) is 0 Å². The molecule has 1 aromatic carbocycles. The zero-order valence-electron chi connectivity index (χ0n) is 17.4. The fourth-order valence-electron chi connectivity index (χ4n) is 3.08. The Kier molecular flexibility index (Phi) is 7.36. The quantitative estimate of drug-likeness (QED) is 0.668. The van der Waals surface area contributed by atoms with Gasteiger partial charge in [-0.05, 0) is 32.8 Å². The van der Waals surface area contributed by atoms with Gasteiger partial charge in [-0.1, -0.05) is 37.3 Å². The van der Waals surface area contributed by atoms with E-state index >= 15 is 0 Å². The Morgan fingerprint density at radius 1 is 1.17 bits per heavy atom. The van der Waals surface area contributed by atoms with Crippen molar-refractivity contribution in [3.63, 3.8) is 0 Å². The lowest BCUT2D eigenvalue weighted by Gasteiger charge is -2.30. The molecule has 0 spiro atoms. The normalized spacial score (nSPS) is 17.6. The standard InChI is InChI=1S/C21H29N3O5/c1-5-16(25)22-13-17(26)23-15-11-12-24(19(15)27)18(14-9-7-6-8-10-14)20(28)29-21(2,3)4/h6-10,15,18H,5,11-13H2,1-4H3,(H,22,25)(H,23,26)/t15-,18+/m0/s1. The highest BCUT2D eigenvalue weighted by molar-refractivity contribution is 5.93. The second-order valence-electron chi connectivity index (χ2n) is 7.92. The Morgan fingerprint density at radius 2 is 1.83 bits per heavy atom. The van der Waals surface area contributed by atoms with Gasteiger partial charge in [-0.25, -0.2) is 4.79 Å². The lowest BCUT2D eigenvalue weighted by Crippen LogP contribution is -2.47. The molecule has 0 aromatic heterocycles. The van der Waals surface area contributed by atoms with Gasteiger partial charge in [-0.3, -0.25) is 14.4 Å². The molecule has 1 heterocycles. The first-order chi connectivity index (χ1) is 13.6. The third-order valence-corrected chi connectivity index (χ3v) is 4.40. The molecule has 2 atom stereocenters. The van der Waals surface area contributed by atoms with E-state index in [0.29, 0.717) is 18.5 Å². The van der Waals surface area contributed by atoms with Crippen LogP contribution in [0.3, 0.4) is 0 Å². The van der Waals surface area contributed by atoms with Crippen molar-refractivity contribution in [2.75, 3.05) is 13.1 Å². The summed E-state index contributed by atoms with van der Waals surface area (Å²) in [6.45, 7) is 7.12. The average molecular weight is 403 g/mol. The van der Waals surface area contributed by atoms with Crippen LogP contribution < -0.4 is 10.6 Å². The predicted molar refractivity (Wildman–Crippen MR) is 107 cm³/mol. The summed E-state index contributed by atoms with van der Waals surface area (Å²) in [5, 5.41) is 5.11. The first-order valence-electron chi connectivity index (χ1n) is 9.76. The summed E-state index contributed by atoms with van der Waals surface area (Å²) in [4.78, 5) is 50.6. The van der Waals surface area contributed by atoms with Crippen LogP contribution in [-0.2, 0) is 23.9 Å². The number of hydrogen-bond donors (Lipinski definition) is 2. The van der Waals surface area contributed by atoms with Gasteiger partial charge in [0.05, 0.1) is 6.54 Å². The minimum Gasteiger partial charge on any atom is -0.458 e. The van der Waals surface area contributed by atoms with Crippen LogP contribution in [0.1, 0.15) is 52.1 Å². The monoisotopic (exact) mass is 403 g/mol. The molecule has 0 bridgehead atoms. The number of carbonyl (C=O) groups excluding carboxylic acids is 4. The second kappa shape index (κ2) is 9.54. The predicted octanol–water partition coefficient (Wildman–Crippen LogP) is 1.31. The molecule has 8 nitrogen and oxygen atoms in total. The van der Waals surface area contributed by atoms with Crippen molar-refractivity contribution in [3.8, 4) is 0 Å². The molecule has 1 saturated heterocycles. The van der Waals surface area contributed by atoms with Crippen molar-refractivity contribution in [2.45, 2.75) is 58.2 Å². The van der Waals surface area contributed by atoms with Crippen molar-refractivity contribution < 1.29 is 23.9 Å². The van der Waals surface area contributed by atoms with Gasteiger partial charge in [0.15, 0.2) is 6.04 Å². The summed E-state index contributed by atoms with van der Waals surface area (Å²) in [6, 6.07) is 7.34. The summed E-state index contributed by atoms with van der Waals surface area (Å²) in [7, 11) is 0. The van der Waals surface area contributed by atoms with E-state index < -0.39 is 29.6 Å². The van der Waals surface area contributed by atoms with Gasteiger partial charge in [0, 0.05) is 13.0 Å². The highest BCUT2D eigenvalue weighted by atomic mass is 16.6. The molecule has 1 aromatic rings. The Balaban J connectivity index is 2.12. The summed E-state index contributed by atoms with van der Waals surface area (Å²) in [5.74, 6) is -1.55. The van der Waals surface area contributed by atoms with E-state index in [9.17, 15) is 19.2 Å². The van der Waals surface area contributed by atoms with E-state index in [1.165, 1.54) is 4.90 Å². The number of likely N-dealkylation sites (tertiary alicyclic amines) is 1. The molecule has 3 amide bonds. The van der Waals surface area contributed by atoms with Crippen LogP contribution >= 0.6 is 0 Å². The maximum atomic E-state index is 12.9. The second-order valence-corrected chi connectivity index (χ2v) is 7.92. The van der Waals surface area contributed by atoms with Crippen LogP contribution in [0.25, 0.3) is 0 Å². The number of hydrogen-bond acceptors (Lipinski definition) is 5. The minimum atomic E-state index is -0.885. The van der Waals surface area contributed by atoms with Crippen LogP contribution in [0.5, 0.6) is 0 Å². The summed E-state index contributed by atoms with van der Waals surface area (Å²) < 4.78 is 5.54. The van der Waals surface area contributed by atoms with E-state index in [2.05, 4.69) is 10.6 Å². The lowest BCUT2D eigenvalue weighted by atomic mass is 10.0. The molecule has 8 heteroatoms. The molecule has 158 valence electrons. The molecule has 29 heavy (non-hydrogen) atoms. The van der Waals surface area contributed by atoms with Crippen molar-refractivity contribution in [3.05, 3.63) is 35.9 Å². The number of rotatable bonds is 7. The van der Waals surface area contributed by atoms with E-state index in [1.54, 1.807) is 52.0 Å². The third kappa shape index (κ3) is 6.30. The van der Waals surface area contributed by atoms with Crippen molar-refractivity contribution >= 4 is 23.7 Å². The molecule has 0 radical (unpaired) electrons. The number of carbonyl (C=O) groups is 4. The molecule has 1 aliphatic rings. The van der Waals surface area contributed by atoms with E-state index in [1.807, 2.05) is 6.07 Å². The molecular formula is C21H29N3O5. The highest BCUT2D eigenvalue weighted by Crippen LogP contribution is 2.29. The Hall–Kier alpha value is -2.90. The van der Waals surface area contributed by atoms with Crippen LogP contribution in [0.2, 0.25) is 0 Å².